The first-order valence-electron chi connectivity index (χ1n) is 10.3. The minimum Gasteiger partial charge on any atom is -0.487 e. The Kier molecular flexibility index (Phi) is 7.44. The van der Waals surface area contributed by atoms with E-state index in [1.54, 1.807) is 51.2 Å². The van der Waals surface area contributed by atoms with Gasteiger partial charge in [-0.25, -0.2) is 4.79 Å². The summed E-state index contributed by atoms with van der Waals surface area (Å²) in [6, 6.07) is 19.8. The lowest BCUT2D eigenvalue weighted by atomic mass is 10.1. The Morgan fingerprint density at radius 3 is 2.44 bits per heavy atom. The van der Waals surface area contributed by atoms with E-state index in [-0.39, 0.29) is 5.91 Å². The van der Waals surface area contributed by atoms with Crippen LogP contribution in [0.5, 0.6) is 5.75 Å². The molecule has 0 spiro atoms. The van der Waals surface area contributed by atoms with Crippen molar-refractivity contribution in [2.45, 2.75) is 39.5 Å². The van der Waals surface area contributed by atoms with Crippen molar-refractivity contribution in [1.29, 1.82) is 0 Å². The number of aromatic nitrogens is 1. The molecule has 0 atom stereocenters. The summed E-state index contributed by atoms with van der Waals surface area (Å²) in [6.07, 6.45) is 1.19. The summed E-state index contributed by atoms with van der Waals surface area (Å²) in [5, 5.41) is 5.53. The van der Waals surface area contributed by atoms with E-state index < -0.39 is 11.7 Å². The quantitative estimate of drug-likeness (QED) is 0.551. The molecule has 3 rings (SSSR count). The number of nitrogens with one attached hydrogen (secondary N) is 2. The fraction of sp³-hybridized carbons (Fsp3) is 0.240. The van der Waals surface area contributed by atoms with Crippen molar-refractivity contribution in [3.63, 3.8) is 0 Å². The fourth-order valence-electron chi connectivity index (χ4n) is 2.80. The molecule has 1 aromatic heterocycles. The molecule has 0 unspecified atom stereocenters. The number of carbonyl (C=O) groups is 2. The maximum absolute atomic E-state index is 12.5. The van der Waals surface area contributed by atoms with E-state index in [1.165, 1.54) is 0 Å². The van der Waals surface area contributed by atoms with Gasteiger partial charge in [-0.3, -0.25) is 15.1 Å². The van der Waals surface area contributed by atoms with E-state index >= 15 is 0 Å². The van der Waals surface area contributed by atoms with Gasteiger partial charge < -0.3 is 14.8 Å². The van der Waals surface area contributed by atoms with E-state index in [9.17, 15) is 9.59 Å². The topological polar surface area (TPSA) is 89.5 Å². The highest BCUT2D eigenvalue weighted by molar-refractivity contribution is 5.95. The molecule has 2 aromatic carbocycles. The molecule has 0 aliphatic heterocycles. The average molecular weight is 434 g/mol. The highest BCUT2D eigenvalue weighted by Gasteiger charge is 2.16. The molecule has 7 heteroatoms. The van der Waals surface area contributed by atoms with E-state index in [2.05, 4.69) is 15.6 Å². The van der Waals surface area contributed by atoms with Crippen molar-refractivity contribution < 1.29 is 19.1 Å². The van der Waals surface area contributed by atoms with E-state index in [0.29, 0.717) is 30.2 Å². The number of nitrogens with zero attached hydrogens (tertiary/aromatic N) is 1. The van der Waals surface area contributed by atoms with Gasteiger partial charge in [0.05, 0.1) is 5.69 Å². The predicted molar refractivity (Wildman–Crippen MR) is 122 cm³/mol. The monoisotopic (exact) mass is 433 g/mol. The van der Waals surface area contributed by atoms with Gasteiger partial charge in [0.25, 0.3) is 5.91 Å². The normalized spacial score (nSPS) is 10.8. The summed E-state index contributed by atoms with van der Waals surface area (Å²) < 4.78 is 11.0. The molecule has 166 valence electrons. The summed E-state index contributed by atoms with van der Waals surface area (Å²) in [5.74, 6) is 0.494. The highest BCUT2D eigenvalue weighted by Crippen LogP contribution is 2.16. The number of ether oxygens (including phenoxy) is 2. The van der Waals surface area contributed by atoms with Crippen LogP contribution >= 0.6 is 0 Å². The number of pyridine rings is 1. The number of benzene rings is 2. The van der Waals surface area contributed by atoms with Crippen LogP contribution in [0.3, 0.4) is 0 Å². The summed E-state index contributed by atoms with van der Waals surface area (Å²) in [5.41, 5.74) is 2.22. The summed E-state index contributed by atoms with van der Waals surface area (Å²) in [7, 11) is 0. The number of rotatable bonds is 7. The van der Waals surface area contributed by atoms with Crippen molar-refractivity contribution >= 4 is 17.7 Å². The Hall–Kier alpha value is -3.87. The number of anilines is 1. The van der Waals surface area contributed by atoms with Gasteiger partial charge in [-0.15, -0.1) is 0 Å². The molecule has 0 saturated heterocycles. The van der Waals surface area contributed by atoms with Gasteiger partial charge >= 0.3 is 6.09 Å². The minimum atomic E-state index is -0.579. The maximum atomic E-state index is 12.5. The van der Waals surface area contributed by atoms with Crippen LogP contribution in [0, 0.1) is 0 Å². The third-order valence-electron chi connectivity index (χ3n) is 4.26. The van der Waals surface area contributed by atoms with E-state index in [4.69, 9.17) is 9.47 Å². The third kappa shape index (κ3) is 7.43. The number of hydrogen-bond acceptors (Lipinski definition) is 5. The van der Waals surface area contributed by atoms with Crippen LogP contribution in [-0.2, 0) is 17.9 Å². The SMILES string of the molecule is CC(C)(C)OC(=O)Nc1ccc(C(=O)NCc2cccc(OCc3ccccn3)c2)cc1. The van der Waals surface area contributed by atoms with Gasteiger partial charge in [-0.05, 0) is 74.9 Å². The zero-order valence-corrected chi connectivity index (χ0v) is 18.4. The van der Waals surface area contributed by atoms with Crippen LogP contribution in [0.4, 0.5) is 10.5 Å². The minimum absolute atomic E-state index is 0.214. The van der Waals surface area contributed by atoms with Crippen molar-refractivity contribution in [3.8, 4) is 5.75 Å². The molecule has 32 heavy (non-hydrogen) atoms. The van der Waals surface area contributed by atoms with Crippen LogP contribution in [0.25, 0.3) is 0 Å². The Morgan fingerprint density at radius 1 is 0.969 bits per heavy atom. The predicted octanol–water partition coefficient (Wildman–Crippen LogP) is 4.94. The second-order valence-corrected chi connectivity index (χ2v) is 8.14. The van der Waals surface area contributed by atoms with Crippen LogP contribution in [0.1, 0.15) is 42.4 Å². The first-order chi connectivity index (χ1) is 15.3. The lowest BCUT2D eigenvalue weighted by Gasteiger charge is -2.19. The van der Waals surface area contributed by atoms with Crippen molar-refractivity contribution in [2.24, 2.45) is 0 Å². The number of carbonyl (C=O) groups excluding carboxylic acids is 2. The molecule has 0 aliphatic rings. The molecule has 7 nitrogen and oxygen atoms in total. The molecule has 2 amide bonds. The third-order valence-corrected chi connectivity index (χ3v) is 4.26. The van der Waals surface area contributed by atoms with Gasteiger partial charge in [0.15, 0.2) is 0 Å². The van der Waals surface area contributed by atoms with Crippen LogP contribution in [-0.4, -0.2) is 22.6 Å². The Labute approximate surface area is 187 Å². The Bertz CT molecular complexity index is 1040. The summed E-state index contributed by atoms with van der Waals surface area (Å²) in [4.78, 5) is 28.5. The van der Waals surface area contributed by atoms with Gasteiger partial charge in [0.2, 0.25) is 0 Å². The highest BCUT2D eigenvalue weighted by atomic mass is 16.6. The first-order valence-corrected chi connectivity index (χ1v) is 10.3. The lowest BCUT2D eigenvalue weighted by molar-refractivity contribution is 0.0635. The maximum Gasteiger partial charge on any atom is 0.412 e. The number of hydrogen-bond donors (Lipinski definition) is 2. The zero-order valence-electron chi connectivity index (χ0n) is 18.4. The molecule has 0 bridgehead atoms. The van der Waals surface area contributed by atoms with E-state index in [1.807, 2.05) is 42.5 Å². The second kappa shape index (κ2) is 10.4. The molecule has 1 heterocycles. The van der Waals surface area contributed by atoms with Crippen molar-refractivity contribution in [3.05, 3.63) is 89.7 Å². The van der Waals surface area contributed by atoms with Gasteiger partial charge in [-0.1, -0.05) is 18.2 Å². The van der Waals surface area contributed by atoms with Crippen LogP contribution in [0.15, 0.2) is 72.9 Å². The molecule has 0 aliphatic carbocycles. The van der Waals surface area contributed by atoms with Gasteiger partial charge in [0, 0.05) is 24.0 Å². The number of amides is 2. The van der Waals surface area contributed by atoms with E-state index in [0.717, 1.165) is 11.3 Å². The summed E-state index contributed by atoms with van der Waals surface area (Å²) in [6.45, 7) is 6.12. The smallest absolute Gasteiger partial charge is 0.412 e. The molecule has 0 radical (unpaired) electrons. The molecule has 0 saturated carbocycles. The van der Waals surface area contributed by atoms with Gasteiger partial charge in [-0.2, -0.15) is 0 Å². The van der Waals surface area contributed by atoms with Crippen molar-refractivity contribution in [2.75, 3.05) is 5.32 Å². The standard InChI is InChI=1S/C25H27N3O4/c1-25(2,3)32-24(30)28-20-12-10-19(11-13-20)23(29)27-16-18-7-6-9-22(15-18)31-17-21-8-4-5-14-26-21/h4-15H,16-17H2,1-3H3,(H,27,29)(H,28,30). The molecular weight excluding hydrogens is 406 g/mol. The Morgan fingerprint density at radius 2 is 1.75 bits per heavy atom. The molecular formula is C25H27N3O4. The summed E-state index contributed by atoms with van der Waals surface area (Å²) >= 11 is 0. The zero-order chi connectivity index (χ0) is 23.0. The van der Waals surface area contributed by atoms with Gasteiger partial charge in [0.1, 0.15) is 18.0 Å². The second-order valence-electron chi connectivity index (χ2n) is 8.14. The molecule has 2 N–H and O–H groups in total. The lowest BCUT2D eigenvalue weighted by Crippen LogP contribution is -2.27. The Balaban J connectivity index is 1.50. The van der Waals surface area contributed by atoms with Crippen LogP contribution < -0.4 is 15.4 Å². The largest absolute Gasteiger partial charge is 0.487 e. The first kappa shape index (κ1) is 22.8. The average Bonchev–Trinajstić information content (AvgIpc) is 2.76. The fourth-order valence-corrected chi connectivity index (χ4v) is 2.80. The van der Waals surface area contributed by atoms with Crippen LogP contribution in [0.2, 0.25) is 0 Å². The molecule has 3 aromatic rings. The molecule has 0 fully saturated rings. The van der Waals surface area contributed by atoms with Crippen molar-refractivity contribution in [1.82, 2.24) is 10.3 Å².